The van der Waals surface area contributed by atoms with E-state index in [2.05, 4.69) is 90.5 Å². The van der Waals surface area contributed by atoms with Gasteiger partial charge in [-0.1, -0.05) is 64.5 Å². The lowest BCUT2D eigenvalue weighted by molar-refractivity contribution is 0.188. The summed E-state index contributed by atoms with van der Waals surface area (Å²) in [5.74, 6) is 1.19. The summed E-state index contributed by atoms with van der Waals surface area (Å²) in [4.78, 5) is 4.86. The molecule has 1 atom stereocenters. The summed E-state index contributed by atoms with van der Waals surface area (Å²) in [5.41, 5.74) is 3.36. The summed E-state index contributed by atoms with van der Waals surface area (Å²) in [7, 11) is 0. The number of para-hydroxylation sites is 1. The van der Waals surface area contributed by atoms with Crippen LogP contribution < -0.4 is 4.90 Å². The van der Waals surface area contributed by atoms with E-state index in [1.807, 2.05) is 30.3 Å². The summed E-state index contributed by atoms with van der Waals surface area (Å²) < 4.78 is 7.25. The van der Waals surface area contributed by atoms with Gasteiger partial charge in [-0.05, 0) is 42.0 Å². The summed E-state index contributed by atoms with van der Waals surface area (Å²) in [5, 5.41) is 8.81. The van der Waals surface area contributed by atoms with Gasteiger partial charge < -0.3 is 9.32 Å². The van der Waals surface area contributed by atoms with Crippen molar-refractivity contribution in [3.63, 3.8) is 0 Å². The number of rotatable bonds is 5. The fourth-order valence-corrected chi connectivity index (χ4v) is 4.34. The van der Waals surface area contributed by atoms with Crippen LogP contribution in [-0.4, -0.2) is 41.3 Å². The molecule has 0 unspecified atom stereocenters. The Hall–Kier alpha value is -2.96. The van der Waals surface area contributed by atoms with Gasteiger partial charge in [-0.15, -0.1) is 10.2 Å². The smallest absolute Gasteiger partial charge is 0.247 e. The fraction of sp³-hybridized carbons (Fsp3) is 0.200. The molecule has 0 saturated carbocycles. The summed E-state index contributed by atoms with van der Waals surface area (Å²) in [6, 6.07) is 28.8. The maximum absolute atomic E-state index is 6.19. The first-order valence-corrected chi connectivity index (χ1v) is 11.3. The fourth-order valence-electron chi connectivity index (χ4n) is 4.07. The van der Waals surface area contributed by atoms with E-state index in [0.717, 1.165) is 41.8 Å². The molecule has 0 aliphatic carbocycles. The third-order valence-corrected chi connectivity index (χ3v) is 6.21. The lowest BCUT2D eigenvalue weighted by atomic mass is 10.0. The molecule has 0 bridgehead atoms. The zero-order valence-corrected chi connectivity index (χ0v) is 18.6. The third-order valence-electron chi connectivity index (χ3n) is 5.68. The molecule has 6 heteroatoms. The molecule has 1 fully saturated rings. The number of hydrogen-bond donors (Lipinski definition) is 0. The summed E-state index contributed by atoms with van der Waals surface area (Å²) >= 11 is 3.54. The highest BCUT2D eigenvalue weighted by molar-refractivity contribution is 9.10. The monoisotopic (exact) mass is 474 g/mol. The molecule has 5 nitrogen and oxygen atoms in total. The van der Waals surface area contributed by atoms with Crippen LogP contribution >= 0.6 is 15.9 Å². The minimum absolute atomic E-state index is 0.0732. The molecule has 4 aromatic rings. The summed E-state index contributed by atoms with van der Waals surface area (Å²) in [6.07, 6.45) is 0. The maximum atomic E-state index is 6.19. The van der Waals surface area contributed by atoms with E-state index < -0.39 is 0 Å². The van der Waals surface area contributed by atoms with Crippen molar-refractivity contribution in [1.82, 2.24) is 15.1 Å². The van der Waals surface area contributed by atoms with E-state index in [1.165, 1.54) is 5.69 Å². The van der Waals surface area contributed by atoms with Crippen molar-refractivity contribution in [3.05, 3.63) is 101 Å². The van der Waals surface area contributed by atoms with Crippen molar-refractivity contribution in [3.8, 4) is 11.5 Å². The second-order valence-corrected chi connectivity index (χ2v) is 8.54. The van der Waals surface area contributed by atoms with Crippen molar-refractivity contribution in [2.45, 2.75) is 6.04 Å². The third kappa shape index (κ3) is 4.40. The molecular formula is C25H23BrN4O. The van der Waals surface area contributed by atoms with Gasteiger partial charge in [-0.3, -0.25) is 4.90 Å². The number of piperazine rings is 1. The highest BCUT2D eigenvalue weighted by Gasteiger charge is 2.30. The van der Waals surface area contributed by atoms with Gasteiger partial charge in [0.1, 0.15) is 6.04 Å². The topological polar surface area (TPSA) is 45.4 Å². The van der Waals surface area contributed by atoms with Crippen molar-refractivity contribution >= 4 is 21.6 Å². The van der Waals surface area contributed by atoms with Crippen LogP contribution in [0.5, 0.6) is 0 Å². The Morgan fingerprint density at radius 2 is 1.39 bits per heavy atom. The minimum Gasteiger partial charge on any atom is -0.419 e. The molecule has 2 heterocycles. The molecule has 1 aromatic heterocycles. The van der Waals surface area contributed by atoms with Crippen molar-refractivity contribution in [1.29, 1.82) is 0 Å². The van der Waals surface area contributed by atoms with Crippen LogP contribution in [0.1, 0.15) is 17.5 Å². The number of halogens is 1. The molecule has 156 valence electrons. The highest BCUT2D eigenvalue weighted by atomic mass is 79.9. The predicted octanol–water partition coefficient (Wildman–Crippen LogP) is 5.41. The van der Waals surface area contributed by atoms with E-state index >= 15 is 0 Å². The number of benzene rings is 3. The summed E-state index contributed by atoms with van der Waals surface area (Å²) in [6.45, 7) is 3.74. The average molecular weight is 475 g/mol. The molecule has 0 N–H and O–H groups in total. The van der Waals surface area contributed by atoms with E-state index in [-0.39, 0.29) is 6.04 Å². The first-order valence-electron chi connectivity index (χ1n) is 10.5. The molecule has 0 radical (unpaired) electrons. The van der Waals surface area contributed by atoms with Gasteiger partial charge in [-0.25, -0.2) is 0 Å². The molecule has 5 rings (SSSR count). The van der Waals surface area contributed by atoms with E-state index in [1.54, 1.807) is 0 Å². The molecule has 1 aliphatic heterocycles. The van der Waals surface area contributed by atoms with Gasteiger partial charge in [-0.2, -0.15) is 0 Å². The van der Waals surface area contributed by atoms with Crippen molar-refractivity contribution in [2.24, 2.45) is 0 Å². The molecular weight excluding hydrogens is 452 g/mol. The second kappa shape index (κ2) is 9.04. The number of hydrogen-bond acceptors (Lipinski definition) is 5. The number of aromatic nitrogens is 2. The molecule has 0 spiro atoms. The van der Waals surface area contributed by atoms with Gasteiger partial charge in [0.15, 0.2) is 0 Å². The second-order valence-electron chi connectivity index (χ2n) is 7.62. The Morgan fingerprint density at radius 3 is 2.06 bits per heavy atom. The van der Waals surface area contributed by atoms with Crippen molar-refractivity contribution in [2.75, 3.05) is 31.1 Å². The van der Waals surface area contributed by atoms with Crippen LogP contribution in [0, 0.1) is 0 Å². The van der Waals surface area contributed by atoms with E-state index in [9.17, 15) is 0 Å². The quantitative estimate of drug-likeness (QED) is 0.386. The zero-order valence-electron chi connectivity index (χ0n) is 17.1. The molecule has 1 aliphatic rings. The van der Waals surface area contributed by atoms with Crippen LogP contribution in [-0.2, 0) is 0 Å². The Bertz CT molecular complexity index is 1110. The predicted molar refractivity (Wildman–Crippen MR) is 126 cm³/mol. The Kier molecular flexibility index (Phi) is 5.82. The lowest BCUT2D eigenvalue weighted by Crippen LogP contribution is -2.48. The Labute approximate surface area is 190 Å². The molecule has 0 amide bonds. The first-order chi connectivity index (χ1) is 15.3. The molecule has 31 heavy (non-hydrogen) atoms. The van der Waals surface area contributed by atoms with Crippen LogP contribution in [0.15, 0.2) is 93.8 Å². The van der Waals surface area contributed by atoms with Crippen LogP contribution in [0.3, 0.4) is 0 Å². The minimum atomic E-state index is -0.0732. The standard InChI is InChI=1S/C25H23BrN4O/c26-21-13-11-19(12-14-21)23(25-28-27-24(31-25)20-7-3-1-4-8-20)30-17-15-29(16-18-30)22-9-5-2-6-10-22/h1-14,23H,15-18H2/t23-/m1/s1. The number of nitrogens with zero attached hydrogens (tertiary/aromatic N) is 4. The van der Waals surface area contributed by atoms with Gasteiger partial charge >= 0.3 is 0 Å². The Balaban J connectivity index is 1.42. The normalized spacial score (nSPS) is 15.7. The van der Waals surface area contributed by atoms with Gasteiger partial charge in [0.2, 0.25) is 11.8 Å². The Morgan fingerprint density at radius 1 is 0.742 bits per heavy atom. The van der Waals surface area contributed by atoms with Crippen LogP contribution in [0.2, 0.25) is 0 Å². The van der Waals surface area contributed by atoms with Crippen LogP contribution in [0.25, 0.3) is 11.5 Å². The van der Waals surface area contributed by atoms with Crippen molar-refractivity contribution < 1.29 is 4.42 Å². The van der Waals surface area contributed by atoms with Gasteiger partial charge in [0.25, 0.3) is 0 Å². The average Bonchev–Trinajstić information content (AvgIpc) is 3.32. The van der Waals surface area contributed by atoms with Gasteiger partial charge in [0.05, 0.1) is 0 Å². The molecule has 1 saturated heterocycles. The lowest BCUT2D eigenvalue weighted by Gasteiger charge is -2.39. The first kappa shape index (κ1) is 20.0. The maximum Gasteiger partial charge on any atom is 0.247 e. The van der Waals surface area contributed by atoms with Crippen LogP contribution in [0.4, 0.5) is 5.69 Å². The molecule has 3 aromatic carbocycles. The SMILES string of the molecule is Brc1ccc([C@H](c2nnc(-c3ccccc3)o2)N2CCN(c3ccccc3)CC2)cc1. The van der Waals surface area contributed by atoms with Gasteiger partial charge in [0, 0.05) is 41.9 Å². The van der Waals surface area contributed by atoms with E-state index in [0.29, 0.717) is 11.8 Å². The largest absolute Gasteiger partial charge is 0.419 e. The highest BCUT2D eigenvalue weighted by Crippen LogP contribution is 2.32. The number of anilines is 1. The van der Waals surface area contributed by atoms with E-state index in [4.69, 9.17) is 4.42 Å². The zero-order chi connectivity index (χ0) is 21.0.